The molecule has 4 heteroatoms. The first-order valence-corrected chi connectivity index (χ1v) is 7.77. The van der Waals surface area contributed by atoms with E-state index >= 15 is 0 Å². The van der Waals surface area contributed by atoms with Crippen LogP contribution in [0, 0.1) is 0 Å². The third-order valence-corrected chi connectivity index (χ3v) is 3.69. The molecule has 0 aliphatic rings. The van der Waals surface area contributed by atoms with Gasteiger partial charge in [0.15, 0.2) is 0 Å². The molecule has 0 bridgehead atoms. The van der Waals surface area contributed by atoms with Gasteiger partial charge in [-0.05, 0) is 49.4 Å². The molecule has 0 spiro atoms. The summed E-state index contributed by atoms with van der Waals surface area (Å²) in [4.78, 5) is 0. The molecular formula is C17H19Cl2NO. The molecule has 2 rings (SSSR count). The molecule has 0 aliphatic heterocycles. The van der Waals surface area contributed by atoms with Crippen molar-refractivity contribution in [3.8, 4) is 5.75 Å². The van der Waals surface area contributed by atoms with Crippen molar-refractivity contribution in [3.63, 3.8) is 0 Å². The third-order valence-electron chi connectivity index (χ3n) is 3.22. The Morgan fingerprint density at radius 3 is 2.33 bits per heavy atom. The van der Waals surface area contributed by atoms with Crippen LogP contribution in [0.4, 0.5) is 0 Å². The van der Waals surface area contributed by atoms with E-state index in [0.29, 0.717) is 5.02 Å². The summed E-state index contributed by atoms with van der Waals surface area (Å²) in [7, 11) is 0. The Hall–Kier alpha value is -1.22. The molecule has 0 radical (unpaired) electrons. The van der Waals surface area contributed by atoms with E-state index in [0.717, 1.165) is 22.9 Å². The van der Waals surface area contributed by atoms with Crippen molar-refractivity contribution in [2.75, 3.05) is 6.54 Å². The monoisotopic (exact) mass is 323 g/mol. The SMILES string of the molecule is CCNC(c1cccc(Cl)c1)C(C)Oc1cccc(Cl)c1. The maximum atomic E-state index is 6.09. The highest BCUT2D eigenvalue weighted by molar-refractivity contribution is 6.30. The highest BCUT2D eigenvalue weighted by atomic mass is 35.5. The lowest BCUT2D eigenvalue weighted by Gasteiger charge is -2.26. The molecule has 0 amide bonds. The van der Waals surface area contributed by atoms with Crippen molar-refractivity contribution >= 4 is 23.2 Å². The lowest BCUT2D eigenvalue weighted by Crippen LogP contribution is -2.33. The van der Waals surface area contributed by atoms with Crippen LogP contribution in [0.1, 0.15) is 25.5 Å². The van der Waals surface area contributed by atoms with E-state index in [1.807, 2.05) is 49.4 Å². The van der Waals surface area contributed by atoms with Crippen LogP contribution in [0.15, 0.2) is 48.5 Å². The molecule has 0 saturated carbocycles. The van der Waals surface area contributed by atoms with E-state index in [9.17, 15) is 0 Å². The van der Waals surface area contributed by atoms with Crippen LogP contribution in [0.2, 0.25) is 10.0 Å². The van der Waals surface area contributed by atoms with Crippen LogP contribution in [-0.2, 0) is 0 Å². The van der Waals surface area contributed by atoms with E-state index in [1.54, 1.807) is 0 Å². The Kier molecular flexibility index (Phi) is 5.92. The smallest absolute Gasteiger partial charge is 0.121 e. The van der Waals surface area contributed by atoms with Crippen molar-refractivity contribution in [1.82, 2.24) is 5.32 Å². The molecule has 2 aromatic rings. The van der Waals surface area contributed by atoms with Gasteiger partial charge in [-0.15, -0.1) is 0 Å². The molecule has 2 atom stereocenters. The van der Waals surface area contributed by atoms with Crippen LogP contribution < -0.4 is 10.1 Å². The summed E-state index contributed by atoms with van der Waals surface area (Å²) in [6.45, 7) is 4.96. The first kappa shape index (κ1) is 16.2. The molecule has 2 aromatic carbocycles. The number of likely N-dealkylation sites (N-methyl/N-ethyl adjacent to an activating group) is 1. The van der Waals surface area contributed by atoms with E-state index in [2.05, 4.69) is 18.3 Å². The van der Waals surface area contributed by atoms with Crippen molar-refractivity contribution in [2.24, 2.45) is 0 Å². The number of hydrogen-bond acceptors (Lipinski definition) is 2. The number of hydrogen-bond donors (Lipinski definition) is 1. The molecule has 0 fully saturated rings. The van der Waals surface area contributed by atoms with Gasteiger partial charge in [-0.3, -0.25) is 0 Å². The Morgan fingerprint density at radius 1 is 1.05 bits per heavy atom. The number of ether oxygens (including phenoxy) is 1. The largest absolute Gasteiger partial charge is 0.489 e. The average molecular weight is 324 g/mol. The summed E-state index contributed by atoms with van der Waals surface area (Å²) < 4.78 is 6.01. The quantitative estimate of drug-likeness (QED) is 0.797. The summed E-state index contributed by atoms with van der Waals surface area (Å²) >= 11 is 12.1. The first-order valence-electron chi connectivity index (χ1n) is 7.01. The minimum Gasteiger partial charge on any atom is -0.489 e. The Labute approximate surface area is 136 Å². The van der Waals surface area contributed by atoms with Crippen LogP contribution >= 0.6 is 23.2 Å². The van der Waals surface area contributed by atoms with Crippen molar-refractivity contribution < 1.29 is 4.74 Å². The normalized spacial score (nSPS) is 13.7. The highest BCUT2D eigenvalue weighted by Gasteiger charge is 2.20. The van der Waals surface area contributed by atoms with Crippen LogP contribution in [0.25, 0.3) is 0 Å². The second-order valence-electron chi connectivity index (χ2n) is 4.87. The zero-order valence-electron chi connectivity index (χ0n) is 12.1. The lowest BCUT2D eigenvalue weighted by atomic mass is 10.0. The fourth-order valence-corrected chi connectivity index (χ4v) is 2.68. The minimum atomic E-state index is -0.0538. The van der Waals surface area contributed by atoms with E-state index in [1.165, 1.54) is 0 Å². The molecular weight excluding hydrogens is 305 g/mol. The first-order chi connectivity index (χ1) is 10.1. The van der Waals surface area contributed by atoms with Gasteiger partial charge in [-0.2, -0.15) is 0 Å². The molecule has 0 heterocycles. The minimum absolute atomic E-state index is 0.0538. The number of halogens is 2. The number of benzene rings is 2. The Balaban J connectivity index is 2.17. The second-order valence-corrected chi connectivity index (χ2v) is 5.74. The summed E-state index contributed by atoms with van der Waals surface area (Å²) in [6.07, 6.45) is -0.0538. The van der Waals surface area contributed by atoms with E-state index in [4.69, 9.17) is 27.9 Å². The van der Waals surface area contributed by atoms with Crippen LogP contribution in [0.3, 0.4) is 0 Å². The topological polar surface area (TPSA) is 21.3 Å². The fourth-order valence-electron chi connectivity index (χ4n) is 2.30. The van der Waals surface area contributed by atoms with Gasteiger partial charge in [-0.1, -0.05) is 48.3 Å². The van der Waals surface area contributed by atoms with Gasteiger partial charge in [0, 0.05) is 10.0 Å². The van der Waals surface area contributed by atoms with Gasteiger partial charge in [0.1, 0.15) is 11.9 Å². The van der Waals surface area contributed by atoms with Crippen molar-refractivity contribution in [3.05, 3.63) is 64.1 Å². The van der Waals surface area contributed by atoms with Gasteiger partial charge in [0.05, 0.1) is 6.04 Å². The third kappa shape index (κ3) is 4.63. The Bertz CT molecular complexity index is 589. The summed E-state index contributed by atoms with van der Waals surface area (Å²) in [5.74, 6) is 0.764. The molecule has 2 nitrogen and oxygen atoms in total. The predicted molar refractivity (Wildman–Crippen MR) is 89.4 cm³/mol. The highest BCUT2D eigenvalue weighted by Crippen LogP contribution is 2.25. The standard InChI is InChI=1S/C17H19Cl2NO/c1-3-20-17(13-6-4-7-14(18)10-13)12(2)21-16-9-5-8-15(19)11-16/h4-12,17,20H,3H2,1-2H3. The summed E-state index contributed by atoms with van der Waals surface area (Å²) in [5.41, 5.74) is 1.11. The molecule has 0 aromatic heterocycles. The van der Waals surface area contributed by atoms with Gasteiger partial charge in [0.25, 0.3) is 0 Å². The van der Waals surface area contributed by atoms with Gasteiger partial charge >= 0.3 is 0 Å². The molecule has 112 valence electrons. The van der Waals surface area contributed by atoms with Gasteiger partial charge in [-0.25, -0.2) is 0 Å². The number of nitrogens with one attached hydrogen (secondary N) is 1. The summed E-state index contributed by atoms with van der Waals surface area (Å²) in [6, 6.07) is 15.3. The molecule has 1 N–H and O–H groups in total. The van der Waals surface area contributed by atoms with Crippen LogP contribution in [0.5, 0.6) is 5.75 Å². The van der Waals surface area contributed by atoms with E-state index < -0.39 is 0 Å². The average Bonchev–Trinajstić information content (AvgIpc) is 2.44. The zero-order chi connectivity index (χ0) is 15.2. The maximum absolute atomic E-state index is 6.09. The predicted octanol–water partition coefficient (Wildman–Crippen LogP) is 5.11. The van der Waals surface area contributed by atoms with Gasteiger partial charge in [0.2, 0.25) is 0 Å². The van der Waals surface area contributed by atoms with E-state index in [-0.39, 0.29) is 12.1 Å². The fraction of sp³-hybridized carbons (Fsp3) is 0.294. The van der Waals surface area contributed by atoms with Gasteiger partial charge < -0.3 is 10.1 Å². The zero-order valence-corrected chi connectivity index (χ0v) is 13.7. The maximum Gasteiger partial charge on any atom is 0.121 e. The van der Waals surface area contributed by atoms with Crippen molar-refractivity contribution in [1.29, 1.82) is 0 Å². The number of rotatable bonds is 6. The van der Waals surface area contributed by atoms with Crippen LogP contribution in [-0.4, -0.2) is 12.6 Å². The summed E-state index contributed by atoms with van der Waals surface area (Å²) in [5, 5.41) is 4.84. The van der Waals surface area contributed by atoms with Crippen molar-refractivity contribution in [2.45, 2.75) is 26.0 Å². The molecule has 0 aliphatic carbocycles. The second kappa shape index (κ2) is 7.69. The molecule has 2 unspecified atom stereocenters. The molecule has 0 saturated heterocycles. The lowest BCUT2D eigenvalue weighted by molar-refractivity contribution is 0.172. The Morgan fingerprint density at radius 2 is 1.71 bits per heavy atom. The molecule has 21 heavy (non-hydrogen) atoms.